The predicted molar refractivity (Wildman–Crippen MR) is 79.0 cm³/mol. The second kappa shape index (κ2) is 6.23. The third kappa shape index (κ3) is 2.93. The van der Waals surface area contributed by atoms with Gasteiger partial charge in [-0.15, -0.1) is 0 Å². The molecule has 2 heterocycles. The lowest BCUT2D eigenvalue weighted by Gasteiger charge is -2.34. The lowest BCUT2D eigenvalue weighted by atomic mass is 9.96. The van der Waals surface area contributed by atoms with Crippen LogP contribution < -0.4 is 4.90 Å². The summed E-state index contributed by atoms with van der Waals surface area (Å²) in [5.41, 5.74) is -0.313. The van der Waals surface area contributed by atoms with Crippen molar-refractivity contribution in [1.29, 1.82) is 0 Å². The van der Waals surface area contributed by atoms with Crippen LogP contribution in [-0.4, -0.2) is 47.6 Å². The number of hydrogen-bond acceptors (Lipinski definition) is 3. The largest absolute Gasteiger partial charge is 0.481 e. The van der Waals surface area contributed by atoms with E-state index >= 15 is 0 Å². The number of benzene rings is 1. The number of carboxylic acids is 1. The number of likely N-dealkylation sites (tertiary alicyclic amines) is 1. The highest BCUT2D eigenvalue weighted by atomic mass is 19.1. The van der Waals surface area contributed by atoms with E-state index in [2.05, 4.69) is 0 Å². The minimum atomic E-state index is -0.864. The van der Waals surface area contributed by atoms with E-state index in [1.807, 2.05) is 4.90 Å². The van der Waals surface area contributed by atoms with Crippen LogP contribution in [-0.2, 0) is 9.59 Å². The lowest BCUT2D eigenvalue weighted by molar-refractivity contribution is -0.144. The number of nitrogens with zero attached hydrogens (tertiary/aromatic N) is 2. The molecule has 1 aromatic carbocycles. The third-order valence-corrected chi connectivity index (χ3v) is 4.63. The van der Waals surface area contributed by atoms with Crippen molar-refractivity contribution in [3.63, 3.8) is 0 Å². The van der Waals surface area contributed by atoms with Gasteiger partial charge in [0, 0.05) is 13.1 Å². The Morgan fingerprint density at radius 2 is 1.87 bits per heavy atom. The van der Waals surface area contributed by atoms with Crippen molar-refractivity contribution >= 4 is 17.6 Å². The Hall–Kier alpha value is -2.02. The van der Waals surface area contributed by atoms with Gasteiger partial charge in [-0.05, 0) is 37.9 Å². The van der Waals surface area contributed by atoms with Gasteiger partial charge in [0.15, 0.2) is 0 Å². The molecule has 23 heavy (non-hydrogen) atoms. The summed E-state index contributed by atoms with van der Waals surface area (Å²) in [6, 6.07) is 3.01. The van der Waals surface area contributed by atoms with Crippen LogP contribution in [0.15, 0.2) is 18.2 Å². The van der Waals surface area contributed by atoms with Crippen molar-refractivity contribution in [3.05, 3.63) is 29.8 Å². The summed E-state index contributed by atoms with van der Waals surface area (Å²) >= 11 is 0. The van der Waals surface area contributed by atoms with Gasteiger partial charge in [-0.25, -0.2) is 8.78 Å². The van der Waals surface area contributed by atoms with E-state index < -0.39 is 29.6 Å². The molecule has 1 N–H and O–H groups in total. The zero-order chi connectivity index (χ0) is 16.6. The molecule has 5 nitrogen and oxygen atoms in total. The van der Waals surface area contributed by atoms with E-state index in [1.165, 1.54) is 6.07 Å². The smallest absolute Gasteiger partial charge is 0.307 e. The molecule has 0 aromatic heterocycles. The first kappa shape index (κ1) is 15.9. The van der Waals surface area contributed by atoms with Crippen LogP contribution in [0.25, 0.3) is 0 Å². The summed E-state index contributed by atoms with van der Waals surface area (Å²) in [6.07, 6.45) is 1.74. The SMILES string of the molecule is O=C(O)C1CCCN(C2CCN(c3c(F)cccc3F)C2=O)C1. The number of amides is 1. The molecule has 0 saturated carbocycles. The molecule has 2 atom stereocenters. The molecule has 7 heteroatoms. The third-order valence-electron chi connectivity index (χ3n) is 4.63. The Labute approximate surface area is 132 Å². The van der Waals surface area contributed by atoms with Crippen LogP contribution in [0.1, 0.15) is 19.3 Å². The molecule has 0 spiro atoms. The second-order valence-corrected chi connectivity index (χ2v) is 6.04. The number of piperidine rings is 1. The molecule has 1 amide bonds. The molecule has 3 rings (SSSR count). The normalized spacial score (nSPS) is 25.8. The van der Waals surface area contributed by atoms with Gasteiger partial charge in [-0.1, -0.05) is 6.07 Å². The molecule has 2 aliphatic heterocycles. The molecule has 2 saturated heterocycles. The van der Waals surface area contributed by atoms with Gasteiger partial charge in [-0.3, -0.25) is 14.5 Å². The number of rotatable bonds is 3. The summed E-state index contributed by atoms with van der Waals surface area (Å²) in [5, 5.41) is 9.15. The highest BCUT2D eigenvalue weighted by molar-refractivity contribution is 5.99. The van der Waals surface area contributed by atoms with Crippen molar-refractivity contribution in [1.82, 2.24) is 4.90 Å². The number of carboxylic acid groups (broad SMARTS) is 1. The topological polar surface area (TPSA) is 60.9 Å². The molecule has 0 radical (unpaired) electrons. The fraction of sp³-hybridized carbons (Fsp3) is 0.500. The van der Waals surface area contributed by atoms with Gasteiger partial charge in [-0.2, -0.15) is 0 Å². The van der Waals surface area contributed by atoms with Gasteiger partial charge in [0.2, 0.25) is 5.91 Å². The second-order valence-electron chi connectivity index (χ2n) is 6.04. The van der Waals surface area contributed by atoms with Crippen LogP contribution in [0.3, 0.4) is 0 Å². The highest BCUT2D eigenvalue weighted by Crippen LogP contribution is 2.31. The van der Waals surface area contributed by atoms with E-state index in [0.717, 1.165) is 17.0 Å². The summed E-state index contributed by atoms with van der Waals surface area (Å²) in [4.78, 5) is 26.7. The first-order valence-corrected chi connectivity index (χ1v) is 7.71. The zero-order valence-electron chi connectivity index (χ0n) is 12.5. The molecule has 124 valence electrons. The van der Waals surface area contributed by atoms with Crippen LogP contribution in [0, 0.1) is 17.6 Å². The van der Waals surface area contributed by atoms with Crippen molar-refractivity contribution in [2.24, 2.45) is 5.92 Å². The maximum atomic E-state index is 13.9. The first-order valence-electron chi connectivity index (χ1n) is 7.71. The summed E-state index contributed by atoms with van der Waals surface area (Å²) in [7, 11) is 0. The number of aliphatic carboxylic acids is 1. The zero-order valence-corrected chi connectivity index (χ0v) is 12.5. The summed E-state index contributed by atoms with van der Waals surface area (Å²) < 4.78 is 27.8. The Bertz CT molecular complexity index is 618. The fourth-order valence-corrected chi connectivity index (χ4v) is 3.46. The van der Waals surface area contributed by atoms with Crippen LogP contribution in [0.5, 0.6) is 0 Å². The number of halogens is 2. The van der Waals surface area contributed by atoms with Crippen LogP contribution in [0.4, 0.5) is 14.5 Å². The number of hydrogen-bond donors (Lipinski definition) is 1. The Morgan fingerprint density at radius 1 is 1.17 bits per heavy atom. The number of carbonyl (C=O) groups excluding carboxylic acids is 1. The molecular weight excluding hydrogens is 306 g/mol. The number of carbonyl (C=O) groups is 2. The Balaban J connectivity index is 1.78. The standard InChI is InChI=1S/C16H18F2N2O3/c17-11-4-1-5-12(18)14(11)20-8-6-13(15(20)21)19-7-2-3-10(9-19)16(22)23/h1,4-5,10,13H,2-3,6-9H2,(H,22,23). The lowest BCUT2D eigenvalue weighted by Crippen LogP contribution is -2.48. The van der Waals surface area contributed by atoms with E-state index in [4.69, 9.17) is 5.11 Å². The molecule has 1 aromatic rings. The predicted octanol–water partition coefficient (Wildman–Crippen LogP) is 1.87. The molecule has 2 aliphatic rings. The Kier molecular flexibility index (Phi) is 4.30. The first-order chi connectivity index (χ1) is 11.0. The average Bonchev–Trinajstić information content (AvgIpc) is 2.89. The monoisotopic (exact) mass is 324 g/mol. The van der Waals surface area contributed by atoms with Gasteiger partial charge < -0.3 is 10.0 Å². The fourth-order valence-electron chi connectivity index (χ4n) is 3.46. The van der Waals surface area contributed by atoms with Crippen molar-refractivity contribution in [3.8, 4) is 0 Å². The van der Waals surface area contributed by atoms with E-state index in [-0.39, 0.29) is 18.1 Å². The van der Waals surface area contributed by atoms with Crippen LogP contribution in [0.2, 0.25) is 0 Å². The maximum Gasteiger partial charge on any atom is 0.307 e. The molecule has 0 bridgehead atoms. The van der Waals surface area contributed by atoms with Gasteiger partial charge in [0.1, 0.15) is 17.3 Å². The molecule has 0 aliphatic carbocycles. The van der Waals surface area contributed by atoms with E-state index in [0.29, 0.717) is 32.4 Å². The quantitative estimate of drug-likeness (QED) is 0.922. The van der Waals surface area contributed by atoms with E-state index in [1.54, 1.807) is 0 Å². The average molecular weight is 324 g/mol. The van der Waals surface area contributed by atoms with Gasteiger partial charge in [0.25, 0.3) is 0 Å². The minimum absolute atomic E-state index is 0.232. The Morgan fingerprint density at radius 3 is 2.52 bits per heavy atom. The van der Waals surface area contributed by atoms with Crippen molar-refractivity contribution < 1.29 is 23.5 Å². The summed E-state index contributed by atoms with van der Waals surface area (Å²) in [5.74, 6) is -3.24. The van der Waals surface area contributed by atoms with Gasteiger partial charge in [0.05, 0.1) is 12.0 Å². The van der Waals surface area contributed by atoms with Crippen LogP contribution >= 0.6 is 0 Å². The summed E-state index contributed by atoms with van der Waals surface area (Å²) in [6.45, 7) is 1.17. The molecule has 2 unspecified atom stereocenters. The minimum Gasteiger partial charge on any atom is -0.481 e. The highest BCUT2D eigenvalue weighted by Gasteiger charge is 2.40. The van der Waals surface area contributed by atoms with Crippen molar-refractivity contribution in [2.45, 2.75) is 25.3 Å². The van der Waals surface area contributed by atoms with Gasteiger partial charge >= 0.3 is 5.97 Å². The van der Waals surface area contributed by atoms with Crippen molar-refractivity contribution in [2.75, 3.05) is 24.5 Å². The maximum absolute atomic E-state index is 13.9. The number of para-hydroxylation sites is 1. The molecule has 2 fully saturated rings. The number of anilines is 1. The molecular formula is C16H18F2N2O3. The van der Waals surface area contributed by atoms with E-state index in [9.17, 15) is 18.4 Å².